The van der Waals surface area contributed by atoms with Crippen LogP contribution in [0.5, 0.6) is 5.75 Å². The van der Waals surface area contributed by atoms with Gasteiger partial charge in [-0.2, -0.15) is 0 Å². The Bertz CT molecular complexity index is 365. The molecule has 0 saturated carbocycles. The van der Waals surface area contributed by atoms with E-state index in [0.29, 0.717) is 24.8 Å². The van der Waals surface area contributed by atoms with Gasteiger partial charge in [0.25, 0.3) is 0 Å². The van der Waals surface area contributed by atoms with Gasteiger partial charge in [0.2, 0.25) is 0 Å². The van der Waals surface area contributed by atoms with Crippen LogP contribution in [-0.2, 0) is 17.9 Å². The summed E-state index contributed by atoms with van der Waals surface area (Å²) in [5, 5.41) is 9.83. The molecule has 0 spiro atoms. The van der Waals surface area contributed by atoms with Crippen LogP contribution < -0.4 is 5.73 Å². The molecule has 0 unspecified atom stereocenters. The van der Waals surface area contributed by atoms with Gasteiger partial charge in [0.15, 0.2) is 0 Å². The van der Waals surface area contributed by atoms with E-state index >= 15 is 0 Å². The summed E-state index contributed by atoms with van der Waals surface area (Å²) in [6, 6.07) is 0. The molecule has 4 nitrogen and oxygen atoms in total. The second-order valence-corrected chi connectivity index (χ2v) is 4.64. The number of ether oxygens (including phenoxy) is 1. The van der Waals surface area contributed by atoms with Gasteiger partial charge >= 0.3 is 0 Å². The fraction of sp³-hybridized carbons (Fsp3) is 0.615. The van der Waals surface area contributed by atoms with E-state index in [4.69, 9.17) is 10.5 Å². The van der Waals surface area contributed by atoms with E-state index < -0.39 is 0 Å². The Morgan fingerprint density at radius 2 is 2.18 bits per heavy atom. The van der Waals surface area contributed by atoms with Gasteiger partial charge in [-0.05, 0) is 19.3 Å². The number of hydrogen-bond donors (Lipinski definition) is 2. The summed E-state index contributed by atoms with van der Waals surface area (Å²) >= 11 is 0. The molecule has 0 radical (unpaired) electrons. The molecule has 0 atom stereocenters. The maximum absolute atomic E-state index is 9.83. The molecular weight excluding hydrogens is 216 g/mol. The third kappa shape index (κ3) is 3.98. The molecule has 3 N–H and O–H groups in total. The summed E-state index contributed by atoms with van der Waals surface area (Å²) in [5.74, 6) is 0.825. The summed E-state index contributed by atoms with van der Waals surface area (Å²) in [6.07, 6.45) is 2.76. The number of rotatable bonds is 6. The average molecular weight is 238 g/mol. The van der Waals surface area contributed by atoms with E-state index in [1.807, 2.05) is 0 Å². The first kappa shape index (κ1) is 13.9. The predicted octanol–water partition coefficient (Wildman–Crippen LogP) is 2.12. The zero-order valence-corrected chi connectivity index (χ0v) is 10.9. The van der Waals surface area contributed by atoms with Crippen LogP contribution in [0.3, 0.4) is 0 Å². The smallest absolute Gasteiger partial charge is 0.141 e. The third-order valence-electron chi connectivity index (χ3n) is 2.73. The van der Waals surface area contributed by atoms with Gasteiger partial charge in [-0.15, -0.1) is 0 Å². The van der Waals surface area contributed by atoms with Crippen molar-refractivity contribution in [1.82, 2.24) is 4.98 Å². The standard InChI is InChI=1S/C13H22N2O2/c1-9(2)4-5-17-8-11-7-15-10(3)13(16)12(11)6-14/h7,9,16H,4-6,8,14H2,1-3H3. The summed E-state index contributed by atoms with van der Waals surface area (Å²) in [7, 11) is 0. The number of aryl methyl sites for hydroxylation is 1. The van der Waals surface area contributed by atoms with Gasteiger partial charge in [0.05, 0.1) is 12.3 Å². The Morgan fingerprint density at radius 1 is 1.47 bits per heavy atom. The summed E-state index contributed by atoms with van der Waals surface area (Å²) in [5.41, 5.74) is 7.85. The highest BCUT2D eigenvalue weighted by Crippen LogP contribution is 2.23. The molecule has 0 saturated heterocycles. The highest BCUT2D eigenvalue weighted by Gasteiger charge is 2.10. The number of hydrogen-bond acceptors (Lipinski definition) is 4. The van der Waals surface area contributed by atoms with Gasteiger partial charge in [0, 0.05) is 30.5 Å². The van der Waals surface area contributed by atoms with Crippen molar-refractivity contribution in [3.8, 4) is 5.75 Å². The minimum Gasteiger partial charge on any atom is -0.506 e. The lowest BCUT2D eigenvalue weighted by molar-refractivity contribution is 0.110. The predicted molar refractivity (Wildman–Crippen MR) is 67.6 cm³/mol. The second kappa shape index (κ2) is 6.57. The first-order valence-corrected chi connectivity index (χ1v) is 6.00. The Morgan fingerprint density at radius 3 is 2.76 bits per heavy atom. The van der Waals surface area contributed by atoms with Crippen molar-refractivity contribution in [2.75, 3.05) is 6.61 Å². The molecule has 4 heteroatoms. The van der Waals surface area contributed by atoms with Crippen molar-refractivity contribution >= 4 is 0 Å². The fourth-order valence-corrected chi connectivity index (χ4v) is 1.54. The molecule has 1 aromatic rings. The highest BCUT2D eigenvalue weighted by atomic mass is 16.5. The number of aromatic hydroxyl groups is 1. The van der Waals surface area contributed by atoms with Crippen LogP contribution in [0.1, 0.15) is 37.1 Å². The molecule has 0 aromatic carbocycles. The van der Waals surface area contributed by atoms with Gasteiger partial charge < -0.3 is 15.6 Å². The van der Waals surface area contributed by atoms with E-state index in [-0.39, 0.29) is 5.75 Å². The second-order valence-electron chi connectivity index (χ2n) is 4.64. The quantitative estimate of drug-likeness (QED) is 0.745. The molecular formula is C13H22N2O2. The maximum Gasteiger partial charge on any atom is 0.141 e. The summed E-state index contributed by atoms with van der Waals surface area (Å²) < 4.78 is 5.56. The van der Waals surface area contributed by atoms with E-state index in [1.165, 1.54) is 0 Å². The van der Waals surface area contributed by atoms with Crippen LogP contribution in [0.4, 0.5) is 0 Å². The largest absolute Gasteiger partial charge is 0.506 e. The van der Waals surface area contributed by atoms with Crippen molar-refractivity contribution in [3.05, 3.63) is 23.0 Å². The normalized spacial score (nSPS) is 11.1. The topological polar surface area (TPSA) is 68.4 Å². The molecule has 0 bridgehead atoms. The molecule has 0 aliphatic rings. The lowest BCUT2D eigenvalue weighted by Crippen LogP contribution is -2.07. The number of pyridine rings is 1. The first-order valence-electron chi connectivity index (χ1n) is 6.00. The maximum atomic E-state index is 9.83. The lowest BCUT2D eigenvalue weighted by Gasteiger charge is -2.12. The Kier molecular flexibility index (Phi) is 5.38. The number of nitrogens with two attached hydrogens (primary N) is 1. The Balaban J connectivity index is 2.62. The Hall–Kier alpha value is -1.13. The number of aromatic nitrogens is 1. The highest BCUT2D eigenvalue weighted by molar-refractivity contribution is 5.40. The van der Waals surface area contributed by atoms with Crippen molar-refractivity contribution < 1.29 is 9.84 Å². The fourth-order valence-electron chi connectivity index (χ4n) is 1.54. The molecule has 0 aliphatic heterocycles. The Labute approximate surface area is 103 Å². The average Bonchev–Trinajstić information content (AvgIpc) is 2.29. The molecule has 1 aromatic heterocycles. The zero-order valence-electron chi connectivity index (χ0n) is 10.9. The van der Waals surface area contributed by atoms with Crippen LogP contribution in [0.25, 0.3) is 0 Å². The SMILES string of the molecule is Cc1ncc(COCCC(C)C)c(CN)c1O. The van der Waals surface area contributed by atoms with Crippen LogP contribution in [0.15, 0.2) is 6.20 Å². The summed E-state index contributed by atoms with van der Waals surface area (Å²) in [6.45, 7) is 7.56. The van der Waals surface area contributed by atoms with Gasteiger partial charge in [-0.25, -0.2) is 0 Å². The van der Waals surface area contributed by atoms with Crippen LogP contribution in [0, 0.1) is 12.8 Å². The van der Waals surface area contributed by atoms with Crippen LogP contribution >= 0.6 is 0 Å². The lowest BCUT2D eigenvalue weighted by atomic mass is 10.1. The monoisotopic (exact) mass is 238 g/mol. The zero-order chi connectivity index (χ0) is 12.8. The minimum atomic E-state index is 0.192. The minimum absolute atomic E-state index is 0.192. The van der Waals surface area contributed by atoms with E-state index in [1.54, 1.807) is 13.1 Å². The van der Waals surface area contributed by atoms with Gasteiger partial charge in [-0.1, -0.05) is 13.8 Å². The third-order valence-corrected chi connectivity index (χ3v) is 2.73. The molecule has 1 heterocycles. The van der Waals surface area contributed by atoms with E-state index in [9.17, 15) is 5.11 Å². The molecule has 0 fully saturated rings. The van der Waals surface area contributed by atoms with Crippen molar-refractivity contribution in [1.29, 1.82) is 0 Å². The van der Waals surface area contributed by atoms with E-state index in [0.717, 1.165) is 24.2 Å². The molecule has 96 valence electrons. The van der Waals surface area contributed by atoms with Crippen molar-refractivity contribution in [2.24, 2.45) is 11.7 Å². The molecule has 0 amide bonds. The molecule has 17 heavy (non-hydrogen) atoms. The molecule has 0 aliphatic carbocycles. The van der Waals surface area contributed by atoms with E-state index in [2.05, 4.69) is 18.8 Å². The van der Waals surface area contributed by atoms with Crippen LogP contribution in [-0.4, -0.2) is 16.7 Å². The summed E-state index contributed by atoms with van der Waals surface area (Å²) in [4.78, 5) is 4.12. The van der Waals surface area contributed by atoms with Gasteiger partial charge in [0.1, 0.15) is 5.75 Å². The first-order chi connectivity index (χ1) is 8.06. The molecule has 1 rings (SSSR count). The van der Waals surface area contributed by atoms with Crippen LogP contribution in [0.2, 0.25) is 0 Å². The number of nitrogens with zero attached hydrogens (tertiary/aromatic N) is 1. The van der Waals surface area contributed by atoms with Gasteiger partial charge in [-0.3, -0.25) is 4.98 Å². The van der Waals surface area contributed by atoms with Crippen molar-refractivity contribution in [2.45, 2.75) is 40.3 Å². The van der Waals surface area contributed by atoms with Crippen molar-refractivity contribution in [3.63, 3.8) is 0 Å².